The Bertz CT molecular complexity index is 665. The average Bonchev–Trinajstić information content (AvgIpc) is 3.31. The predicted molar refractivity (Wildman–Crippen MR) is 86.6 cm³/mol. The third kappa shape index (κ3) is 3.92. The van der Waals surface area contributed by atoms with Crippen molar-refractivity contribution >= 4 is 23.7 Å². The van der Waals surface area contributed by atoms with Crippen LogP contribution in [0.2, 0.25) is 0 Å². The normalized spacial score (nSPS) is 22.5. The zero-order chi connectivity index (χ0) is 18.0. The number of carbonyl (C=O) groups excluding carboxylic acids is 3. The van der Waals surface area contributed by atoms with Gasteiger partial charge in [-0.2, -0.15) is 0 Å². The van der Waals surface area contributed by atoms with Crippen molar-refractivity contribution in [2.45, 2.75) is 20.3 Å². The first kappa shape index (κ1) is 17.2. The van der Waals surface area contributed by atoms with E-state index in [9.17, 15) is 14.4 Å². The molecule has 1 aliphatic heterocycles. The Morgan fingerprint density at radius 1 is 1.24 bits per heavy atom. The van der Waals surface area contributed by atoms with Crippen molar-refractivity contribution in [3.63, 3.8) is 0 Å². The fourth-order valence-corrected chi connectivity index (χ4v) is 2.96. The lowest BCUT2D eigenvalue weighted by molar-refractivity contribution is -0.135. The summed E-state index contributed by atoms with van der Waals surface area (Å²) < 4.78 is 9.86. The first-order valence-corrected chi connectivity index (χ1v) is 8.44. The lowest BCUT2D eigenvalue weighted by atomic mass is 10.2. The van der Waals surface area contributed by atoms with Crippen LogP contribution < -0.4 is 5.32 Å². The van der Waals surface area contributed by atoms with Crippen LogP contribution in [0.1, 0.15) is 19.1 Å². The number of piperazine rings is 1. The van der Waals surface area contributed by atoms with Gasteiger partial charge in [-0.25, -0.2) is 4.79 Å². The van der Waals surface area contributed by atoms with Crippen LogP contribution in [0, 0.1) is 18.8 Å². The number of nitrogens with one attached hydrogen (secondary N) is 1. The molecule has 136 valence electrons. The van der Waals surface area contributed by atoms with Crippen LogP contribution in [-0.2, 0) is 14.3 Å². The number of rotatable bonds is 4. The third-order valence-corrected chi connectivity index (χ3v) is 4.44. The summed E-state index contributed by atoms with van der Waals surface area (Å²) in [6, 6.07) is 1.63. The second kappa shape index (κ2) is 7.12. The van der Waals surface area contributed by atoms with Crippen molar-refractivity contribution in [3.05, 3.63) is 11.8 Å². The smallest absolute Gasteiger partial charge is 0.409 e. The lowest BCUT2D eigenvalue weighted by Gasteiger charge is -2.34. The summed E-state index contributed by atoms with van der Waals surface area (Å²) in [6.07, 6.45) is 0.195. The molecular formula is C16H22N4O5. The van der Waals surface area contributed by atoms with Crippen molar-refractivity contribution < 1.29 is 23.6 Å². The topological polar surface area (TPSA) is 105 Å². The Balaban J connectivity index is 1.46. The van der Waals surface area contributed by atoms with E-state index in [2.05, 4.69) is 10.5 Å². The van der Waals surface area contributed by atoms with Crippen molar-refractivity contribution in [2.75, 3.05) is 38.1 Å². The molecule has 1 N–H and O–H groups in total. The number of carbonyl (C=O) groups is 3. The molecule has 3 amide bonds. The fourth-order valence-electron chi connectivity index (χ4n) is 2.96. The van der Waals surface area contributed by atoms with Crippen LogP contribution in [0.4, 0.5) is 10.6 Å². The van der Waals surface area contributed by atoms with Gasteiger partial charge in [-0.15, -0.1) is 0 Å². The molecule has 2 heterocycles. The number of anilines is 1. The maximum absolute atomic E-state index is 12.5. The van der Waals surface area contributed by atoms with E-state index < -0.39 is 0 Å². The van der Waals surface area contributed by atoms with Gasteiger partial charge in [0.15, 0.2) is 5.82 Å². The second-order valence-electron chi connectivity index (χ2n) is 6.27. The molecule has 1 aromatic heterocycles. The number of amides is 3. The summed E-state index contributed by atoms with van der Waals surface area (Å²) in [5.41, 5.74) is 0. The van der Waals surface area contributed by atoms with E-state index in [1.807, 2.05) is 0 Å². The third-order valence-electron chi connectivity index (χ3n) is 4.44. The number of aryl methyl sites for hydroxylation is 1. The quantitative estimate of drug-likeness (QED) is 0.863. The standard InChI is InChI=1S/C16H22N4O5/c1-3-24-16(23)20-6-4-19(5-7-20)15(22)12-9-11(12)14(21)17-13-8-10(2)25-18-13/h8,11-12H,3-7,9H2,1-2H3,(H,17,18,21). The molecule has 2 aliphatic rings. The lowest BCUT2D eigenvalue weighted by Crippen LogP contribution is -2.51. The molecule has 0 spiro atoms. The average molecular weight is 350 g/mol. The summed E-state index contributed by atoms with van der Waals surface area (Å²) in [6.45, 7) is 5.66. The molecule has 2 fully saturated rings. The molecule has 2 unspecified atom stereocenters. The number of hydrogen-bond acceptors (Lipinski definition) is 6. The van der Waals surface area contributed by atoms with Crippen LogP contribution in [0.3, 0.4) is 0 Å². The molecule has 9 heteroatoms. The summed E-state index contributed by atoms with van der Waals surface area (Å²) >= 11 is 0. The van der Waals surface area contributed by atoms with Gasteiger partial charge < -0.3 is 24.4 Å². The van der Waals surface area contributed by atoms with E-state index in [-0.39, 0.29) is 29.7 Å². The van der Waals surface area contributed by atoms with Gasteiger partial charge in [0.1, 0.15) is 5.76 Å². The zero-order valence-corrected chi connectivity index (χ0v) is 14.4. The summed E-state index contributed by atoms with van der Waals surface area (Å²) in [7, 11) is 0. The van der Waals surface area contributed by atoms with E-state index >= 15 is 0 Å². The van der Waals surface area contributed by atoms with Gasteiger partial charge in [0.05, 0.1) is 18.4 Å². The highest BCUT2D eigenvalue weighted by Gasteiger charge is 2.50. The van der Waals surface area contributed by atoms with Crippen LogP contribution in [0.5, 0.6) is 0 Å². The minimum Gasteiger partial charge on any atom is -0.450 e. The maximum Gasteiger partial charge on any atom is 0.409 e. The van der Waals surface area contributed by atoms with E-state index in [0.29, 0.717) is 50.8 Å². The highest BCUT2D eigenvalue weighted by molar-refractivity contribution is 5.99. The molecule has 1 aliphatic carbocycles. The Kier molecular flexibility index (Phi) is 4.91. The summed E-state index contributed by atoms with van der Waals surface area (Å²) in [5.74, 6) is 0.119. The highest BCUT2D eigenvalue weighted by atomic mass is 16.6. The van der Waals surface area contributed by atoms with Gasteiger partial charge in [0.25, 0.3) is 0 Å². The van der Waals surface area contributed by atoms with Crippen molar-refractivity contribution in [1.82, 2.24) is 15.0 Å². The predicted octanol–water partition coefficient (Wildman–Crippen LogP) is 0.858. The number of hydrogen-bond donors (Lipinski definition) is 1. The van der Waals surface area contributed by atoms with E-state index in [1.165, 1.54) is 0 Å². The molecule has 1 aromatic rings. The van der Waals surface area contributed by atoms with E-state index in [1.54, 1.807) is 29.7 Å². The van der Waals surface area contributed by atoms with Crippen LogP contribution >= 0.6 is 0 Å². The second-order valence-corrected chi connectivity index (χ2v) is 6.27. The number of nitrogens with zero attached hydrogens (tertiary/aromatic N) is 3. The molecular weight excluding hydrogens is 328 g/mol. The van der Waals surface area contributed by atoms with Gasteiger partial charge in [-0.05, 0) is 20.3 Å². The Labute approximate surface area is 145 Å². The molecule has 25 heavy (non-hydrogen) atoms. The van der Waals surface area contributed by atoms with Crippen LogP contribution in [0.15, 0.2) is 10.6 Å². The molecule has 9 nitrogen and oxygen atoms in total. The van der Waals surface area contributed by atoms with Crippen molar-refractivity contribution in [1.29, 1.82) is 0 Å². The highest BCUT2D eigenvalue weighted by Crippen LogP contribution is 2.41. The Morgan fingerprint density at radius 3 is 2.52 bits per heavy atom. The monoisotopic (exact) mass is 350 g/mol. The molecule has 3 rings (SSSR count). The molecule has 0 radical (unpaired) electrons. The molecule has 1 saturated carbocycles. The Hall–Kier alpha value is -2.58. The van der Waals surface area contributed by atoms with Gasteiger partial charge in [-0.3, -0.25) is 9.59 Å². The number of ether oxygens (including phenoxy) is 1. The largest absolute Gasteiger partial charge is 0.450 e. The van der Waals surface area contributed by atoms with Crippen LogP contribution in [-0.4, -0.2) is 65.6 Å². The van der Waals surface area contributed by atoms with Crippen molar-refractivity contribution in [2.24, 2.45) is 11.8 Å². The minimum absolute atomic E-state index is 0.0278. The number of aromatic nitrogens is 1. The van der Waals surface area contributed by atoms with Gasteiger partial charge in [0.2, 0.25) is 11.8 Å². The molecule has 1 saturated heterocycles. The fraction of sp³-hybridized carbons (Fsp3) is 0.625. The summed E-state index contributed by atoms with van der Waals surface area (Å²) in [5, 5.41) is 6.38. The van der Waals surface area contributed by atoms with Gasteiger partial charge in [0, 0.05) is 32.2 Å². The first-order valence-electron chi connectivity index (χ1n) is 8.44. The minimum atomic E-state index is -0.346. The van der Waals surface area contributed by atoms with E-state index in [0.717, 1.165) is 0 Å². The Morgan fingerprint density at radius 2 is 1.92 bits per heavy atom. The SMILES string of the molecule is CCOC(=O)N1CCN(C(=O)C2CC2C(=O)Nc2cc(C)on2)CC1. The van der Waals surface area contributed by atoms with Crippen LogP contribution in [0.25, 0.3) is 0 Å². The summed E-state index contributed by atoms with van der Waals surface area (Å²) in [4.78, 5) is 39.7. The maximum atomic E-state index is 12.5. The van der Waals surface area contributed by atoms with Gasteiger partial charge in [-0.1, -0.05) is 5.16 Å². The molecule has 0 aromatic carbocycles. The van der Waals surface area contributed by atoms with Crippen molar-refractivity contribution in [3.8, 4) is 0 Å². The van der Waals surface area contributed by atoms with E-state index in [4.69, 9.17) is 9.26 Å². The first-order chi connectivity index (χ1) is 12.0. The van der Waals surface area contributed by atoms with Gasteiger partial charge >= 0.3 is 6.09 Å². The molecule has 0 bridgehead atoms. The molecule has 2 atom stereocenters. The zero-order valence-electron chi connectivity index (χ0n) is 14.4.